The lowest BCUT2D eigenvalue weighted by Crippen LogP contribution is -2.24. The molecule has 1 rings (SSSR count). The van der Waals surface area contributed by atoms with Crippen LogP contribution in [0.2, 0.25) is 5.02 Å². The molecule has 0 N–H and O–H groups in total. The third-order valence-corrected chi connectivity index (χ3v) is 3.12. The molecule has 0 bridgehead atoms. The molecule has 18 heavy (non-hydrogen) atoms. The summed E-state index contributed by atoms with van der Waals surface area (Å²) in [4.78, 5) is 2.04. The highest BCUT2D eigenvalue weighted by Gasteiger charge is 2.11. The second-order valence-corrected chi connectivity index (χ2v) is 4.57. The van der Waals surface area contributed by atoms with Gasteiger partial charge in [0.05, 0.1) is 23.6 Å². The summed E-state index contributed by atoms with van der Waals surface area (Å²) in [6, 6.07) is 8.00. The molecule has 0 amide bonds. The number of nitriles is 1. The van der Waals surface area contributed by atoms with Crippen molar-refractivity contribution in [2.45, 2.75) is 20.3 Å². The number of rotatable bonds is 6. The molecule has 0 saturated heterocycles. The van der Waals surface area contributed by atoms with E-state index in [-0.39, 0.29) is 5.92 Å². The second kappa shape index (κ2) is 7.13. The third kappa shape index (κ3) is 3.82. The van der Waals surface area contributed by atoms with Crippen LogP contribution in [-0.2, 0) is 0 Å². The molecule has 0 saturated carbocycles. The van der Waals surface area contributed by atoms with E-state index in [0.29, 0.717) is 23.9 Å². The van der Waals surface area contributed by atoms with Gasteiger partial charge in [-0.25, -0.2) is 0 Å². The first-order valence-electron chi connectivity index (χ1n) is 6.15. The first-order valence-corrected chi connectivity index (χ1v) is 6.53. The van der Waals surface area contributed by atoms with Gasteiger partial charge in [0.25, 0.3) is 0 Å². The summed E-state index contributed by atoms with van der Waals surface area (Å²) in [5, 5.41) is 9.57. The van der Waals surface area contributed by atoms with Crippen molar-refractivity contribution in [2.24, 2.45) is 5.92 Å². The minimum atomic E-state index is 0.0420. The van der Waals surface area contributed by atoms with Gasteiger partial charge in [-0.3, -0.25) is 0 Å². The standard InChI is InChI=1S/C14H19ClN2O/c1-4-11(9-16)10-17(3)12-6-7-14(18-5-2)13(15)8-12/h6-8,11H,4-5,10H2,1-3H3. The number of hydrogen-bond acceptors (Lipinski definition) is 3. The van der Waals surface area contributed by atoms with E-state index in [9.17, 15) is 0 Å². The molecule has 0 fully saturated rings. The van der Waals surface area contributed by atoms with Gasteiger partial charge in [0, 0.05) is 19.3 Å². The van der Waals surface area contributed by atoms with Gasteiger partial charge >= 0.3 is 0 Å². The molecule has 0 aliphatic carbocycles. The van der Waals surface area contributed by atoms with Gasteiger partial charge < -0.3 is 9.64 Å². The quantitative estimate of drug-likeness (QED) is 0.787. The van der Waals surface area contributed by atoms with Crippen LogP contribution in [0.3, 0.4) is 0 Å². The Hall–Kier alpha value is -1.40. The fraction of sp³-hybridized carbons (Fsp3) is 0.500. The molecule has 4 heteroatoms. The molecule has 1 aromatic carbocycles. The molecular weight excluding hydrogens is 248 g/mol. The minimum absolute atomic E-state index is 0.0420. The van der Waals surface area contributed by atoms with Gasteiger partial charge in [-0.1, -0.05) is 18.5 Å². The molecule has 0 spiro atoms. The lowest BCUT2D eigenvalue weighted by atomic mass is 10.1. The van der Waals surface area contributed by atoms with Gasteiger partial charge in [-0.05, 0) is 31.5 Å². The van der Waals surface area contributed by atoms with Gasteiger partial charge in [-0.15, -0.1) is 0 Å². The van der Waals surface area contributed by atoms with Crippen LogP contribution in [0.5, 0.6) is 5.75 Å². The lowest BCUT2D eigenvalue weighted by molar-refractivity contribution is 0.340. The summed E-state index contributed by atoms with van der Waals surface area (Å²) in [6.07, 6.45) is 0.853. The summed E-state index contributed by atoms with van der Waals surface area (Å²) >= 11 is 6.14. The highest BCUT2D eigenvalue weighted by molar-refractivity contribution is 6.32. The molecule has 0 aliphatic rings. The molecule has 0 aliphatic heterocycles. The van der Waals surface area contributed by atoms with Crippen LogP contribution in [-0.4, -0.2) is 20.2 Å². The number of benzene rings is 1. The Kier molecular flexibility index (Phi) is 5.80. The summed E-state index contributed by atoms with van der Waals surface area (Å²) in [5.41, 5.74) is 0.997. The van der Waals surface area contributed by atoms with E-state index < -0.39 is 0 Å². The zero-order chi connectivity index (χ0) is 13.5. The second-order valence-electron chi connectivity index (χ2n) is 4.16. The van der Waals surface area contributed by atoms with E-state index in [4.69, 9.17) is 21.6 Å². The Morgan fingerprint density at radius 2 is 2.17 bits per heavy atom. The highest BCUT2D eigenvalue weighted by Crippen LogP contribution is 2.29. The van der Waals surface area contributed by atoms with Crippen molar-refractivity contribution in [3.05, 3.63) is 23.2 Å². The van der Waals surface area contributed by atoms with E-state index in [1.165, 1.54) is 0 Å². The van der Waals surface area contributed by atoms with Gasteiger partial charge in [-0.2, -0.15) is 5.26 Å². The number of ether oxygens (including phenoxy) is 1. The van der Waals surface area contributed by atoms with E-state index in [0.717, 1.165) is 12.1 Å². The van der Waals surface area contributed by atoms with Crippen LogP contribution in [0.25, 0.3) is 0 Å². The average Bonchev–Trinajstić information content (AvgIpc) is 2.38. The number of anilines is 1. The average molecular weight is 267 g/mol. The SMILES string of the molecule is CCOc1ccc(N(C)CC(C#N)CC)cc1Cl. The van der Waals surface area contributed by atoms with Crippen LogP contribution < -0.4 is 9.64 Å². The van der Waals surface area contributed by atoms with Crippen LogP contribution in [0.15, 0.2) is 18.2 Å². The first-order chi connectivity index (χ1) is 8.62. The number of hydrogen-bond donors (Lipinski definition) is 0. The number of nitrogens with zero attached hydrogens (tertiary/aromatic N) is 2. The molecular formula is C14H19ClN2O. The molecule has 0 radical (unpaired) electrons. The summed E-state index contributed by atoms with van der Waals surface area (Å²) < 4.78 is 5.39. The fourth-order valence-corrected chi connectivity index (χ4v) is 1.93. The van der Waals surface area contributed by atoms with Crippen LogP contribution >= 0.6 is 11.6 Å². The minimum Gasteiger partial charge on any atom is -0.492 e. The Bertz CT molecular complexity index is 428. The maximum atomic E-state index is 8.97. The van der Waals surface area contributed by atoms with Crippen molar-refractivity contribution < 1.29 is 4.74 Å². The monoisotopic (exact) mass is 266 g/mol. The molecule has 1 atom stereocenters. The van der Waals surface area contributed by atoms with Gasteiger partial charge in [0.2, 0.25) is 0 Å². The highest BCUT2D eigenvalue weighted by atomic mass is 35.5. The Morgan fingerprint density at radius 3 is 2.67 bits per heavy atom. The normalized spacial score (nSPS) is 11.7. The largest absolute Gasteiger partial charge is 0.492 e. The zero-order valence-corrected chi connectivity index (χ0v) is 11.9. The van der Waals surface area contributed by atoms with Gasteiger partial charge in [0.15, 0.2) is 0 Å². The first kappa shape index (κ1) is 14.7. The Morgan fingerprint density at radius 1 is 1.44 bits per heavy atom. The topological polar surface area (TPSA) is 36.3 Å². The predicted molar refractivity (Wildman–Crippen MR) is 75.3 cm³/mol. The van der Waals surface area contributed by atoms with Gasteiger partial charge in [0.1, 0.15) is 5.75 Å². The van der Waals surface area contributed by atoms with E-state index in [1.54, 1.807) is 0 Å². The van der Waals surface area contributed by atoms with Crippen molar-refractivity contribution in [3.8, 4) is 11.8 Å². The maximum Gasteiger partial charge on any atom is 0.138 e. The van der Waals surface area contributed by atoms with E-state index in [2.05, 4.69) is 6.07 Å². The molecule has 0 aromatic heterocycles. The lowest BCUT2D eigenvalue weighted by Gasteiger charge is -2.22. The van der Waals surface area contributed by atoms with Crippen molar-refractivity contribution in [1.82, 2.24) is 0 Å². The molecule has 3 nitrogen and oxygen atoms in total. The van der Waals surface area contributed by atoms with E-state index >= 15 is 0 Å². The van der Waals surface area contributed by atoms with Crippen LogP contribution in [0, 0.1) is 17.2 Å². The van der Waals surface area contributed by atoms with Crippen molar-refractivity contribution in [3.63, 3.8) is 0 Å². The smallest absolute Gasteiger partial charge is 0.138 e. The summed E-state index contributed by atoms with van der Waals surface area (Å²) in [6.45, 7) is 5.25. The van der Waals surface area contributed by atoms with Crippen molar-refractivity contribution in [2.75, 3.05) is 25.1 Å². The Labute approximate surface area is 114 Å². The van der Waals surface area contributed by atoms with Crippen molar-refractivity contribution in [1.29, 1.82) is 5.26 Å². The zero-order valence-electron chi connectivity index (χ0n) is 11.1. The summed E-state index contributed by atoms with van der Waals surface area (Å²) in [5.74, 6) is 0.740. The van der Waals surface area contributed by atoms with Crippen LogP contribution in [0.1, 0.15) is 20.3 Å². The molecule has 98 valence electrons. The Balaban J connectivity index is 2.78. The van der Waals surface area contributed by atoms with Crippen LogP contribution in [0.4, 0.5) is 5.69 Å². The maximum absolute atomic E-state index is 8.97. The predicted octanol–water partition coefficient (Wildman–Crippen LogP) is 3.72. The molecule has 0 heterocycles. The van der Waals surface area contributed by atoms with E-state index in [1.807, 2.05) is 44.0 Å². The summed E-state index contributed by atoms with van der Waals surface area (Å²) in [7, 11) is 1.96. The molecule has 1 aromatic rings. The number of halogens is 1. The fourth-order valence-electron chi connectivity index (χ4n) is 1.70. The van der Waals surface area contributed by atoms with Crippen molar-refractivity contribution >= 4 is 17.3 Å². The third-order valence-electron chi connectivity index (χ3n) is 2.83. The molecule has 1 unspecified atom stereocenters.